The summed E-state index contributed by atoms with van der Waals surface area (Å²) < 4.78 is 13.5. The van der Waals surface area contributed by atoms with Crippen LogP contribution in [0, 0.1) is 5.82 Å². The summed E-state index contributed by atoms with van der Waals surface area (Å²) in [5.41, 5.74) is 2.46. The second-order valence-electron chi connectivity index (χ2n) is 6.67. The average Bonchev–Trinajstić information content (AvgIpc) is 2.53. The summed E-state index contributed by atoms with van der Waals surface area (Å²) >= 11 is 0. The van der Waals surface area contributed by atoms with Crippen molar-refractivity contribution in [2.75, 3.05) is 26.2 Å². The minimum atomic E-state index is -0.126. The number of benzene rings is 1. The molecule has 1 aliphatic carbocycles. The van der Waals surface area contributed by atoms with Crippen LogP contribution in [0.3, 0.4) is 0 Å². The van der Waals surface area contributed by atoms with Gasteiger partial charge in [0.25, 0.3) is 0 Å². The van der Waals surface area contributed by atoms with Crippen molar-refractivity contribution in [1.82, 2.24) is 10.2 Å². The highest BCUT2D eigenvalue weighted by atomic mass is 19.1. The summed E-state index contributed by atoms with van der Waals surface area (Å²) in [6, 6.07) is 5.53. The average molecular weight is 306 g/mol. The number of fused-ring (bicyclic) bond motifs is 1. The molecule has 0 spiro atoms. The van der Waals surface area contributed by atoms with Crippen molar-refractivity contribution >= 4 is 0 Å². The van der Waals surface area contributed by atoms with E-state index < -0.39 is 0 Å². The van der Waals surface area contributed by atoms with Crippen molar-refractivity contribution in [3.63, 3.8) is 0 Å². The van der Waals surface area contributed by atoms with E-state index in [0.29, 0.717) is 6.04 Å². The first-order valence-electron chi connectivity index (χ1n) is 8.64. The first-order chi connectivity index (χ1) is 10.7. The lowest BCUT2D eigenvalue weighted by Crippen LogP contribution is -2.37. The summed E-state index contributed by atoms with van der Waals surface area (Å²) in [5.74, 6) is -0.126. The molecule has 3 rings (SSSR count). The maximum atomic E-state index is 13.5. The van der Waals surface area contributed by atoms with Crippen LogP contribution in [0.2, 0.25) is 0 Å². The van der Waals surface area contributed by atoms with Crippen molar-refractivity contribution in [2.24, 2.45) is 0 Å². The predicted octanol–water partition coefficient (Wildman–Crippen LogP) is 2.64. The summed E-state index contributed by atoms with van der Waals surface area (Å²) in [5, 5.41) is 13.1. The first-order valence-corrected chi connectivity index (χ1v) is 8.64. The number of aliphatic hydroxyl groups is 1. The fourth-order valence-electron chi connectivity index (χ4n) is 3.70. The van der Waals surface area contributed by atoms with Gasteiger partial charge in [-0.1, -0.05) is 6.07 Å². The minimum Gasteiger partial charge on any atom is -0.393 e. The van der Waals surface area contributed by atoms with Gasteiger partial charge in [0, 0.05) is 19.1 Å². The topological polar surface area (TPSA) is 35.5 Å². The Kier molecular flexibility index (Phi) is 5.45. The Morgan fingerprint density at radius 3 is 2.86 bits per heavy atom. The van der Waals surface area contributed by atoms with Crippen molar-refractivity contribution in [3.8, 4) is 0 Å². The fraction of sp³-hybridized carbons (Fsp3) is 0.667. The molecule has 1 unspecified atom stereocenters. The molecule has 2 N–H and O–H groups in total. The van der Waals surface area contributed by atoms with Gasteiger partial charge in [-0.15, -0.1) is 0 Å². The molecule has 3 nitrogen and oxygen atoms in total. The van der Waals surface area contributed by atoms with E-state index in [-0.39, 0.29) is 11.9 Å². The molecule has 0 radical (unpaired) electrons. The molecule has 1 atom stereocenters. The number of aryl methyl sites for hydroxylation is 1. The molecule has 1 aliphatic heterocycles. The van der Waals surface area contributed by atoms with Gasteiger partial charge in [-0.05, 0) is 74.9 Å². The number of hydrogen-bond acceptors (Lipinski definition) is 3. The van der Waals surface area contributed by atoms with Crippen LogP contribution in [0.4, 0.5) is 4.39 Å². The van der Waals surface area contributed by atoms with E-state index in [4.69, 9.17) is 0 Å². The van der Waals surface area contributed by atoms with Crippen LogP contribution in [0.25, 0.3) is 0 Å². The van der Waals surface area contributed by atoms with Crippen molar-refractivity contribution in [3.05, 3.63) is 35.1 Å². The van der Waals surface area contributed by atoms with E-state index in [1.165, 1.54) is 12.0 Å². The molecule has 122 valence electrons. The van der Waals surface area contributed by atoms with Gasteiger partial charge in [-0.3, -0.25) is 0 Å². The third kappa shape index (κ3) is 4.06. The zero-order chi connectivity index (χ0) is 15.4. The summed E-state index contributed by atoms with van der Waals surface area (Å²) in [7, 11) is 0. The van der Waals surface area contributed by atoms with Crippen molar-refractivity contribution in [2.45, 2.75) is 50.7 Å². The van der Waals surface area contributed by atoms with Crippen molar-refractivity contribution < 1.29 is 9.50 Å². The number of likely N-dealkylation sites (tertiary alicyclic amines) is 1. The summed E-state index contributed by atoms with van der Waals surface area (Å²) in [6.07, 6.45) is 6.18. The normalized spacial score (nSPS) is 23.5. The molecule has 2 aliphatic rings. The van der Waals surface area contributed by atoms with Gasteiger partial charge in [-0.2, -0.15) is 0 Å². The third-order valence-electron chi connectivity index (χ3n) is 5.02. The van der Waals surface area contributed by atoms with Crippen LogP contribution in [0.1, 0.15) is 49.3 Å². The maximum absolute atomic E-state index is 13.5. The molecule has 1 fully saturated rings. The number of piperidine rings is 1. The maximum Gasteiger partial charge on any atom is 0.123 e. The molecule has 22 heavy (non-hydrogen) atoms. The number of nitrogens with one attached hydrogen (secondary N) is 1. The number of nitrogens with zero attached hydrogens (tertiary/aromatic N) is 1. The molecule has 4 heteroatoms. The van der Waals surface area contributed by atoms with Gasteiger partial charge >= 0.3 is 0 Å². The van der Waals surface area contributed by atoms with E-state index in [1.807, 2.05) is 6.07 Å². The quantitative estimate of drug-likeness (QED) is 0.821. The molecule has 0 aromatic heterocycles. The van der Waals surface area contributed by atoms with Gasteiger partial charge in [0.15, 0.2) is 0 Å². The van der Waals surface area contributed by atoms with E-state index in [9.17, 15) is 9.50 Å². The second kappa shape index (κ2) is 7.53. The lowest BCUT2D eigenvalue weighted by atomic mass is 9.87. The van der Waals surface area contributed by atoms with Gasteiger partial charge in [0.2, 0.25) is 0 Å². The molecule has 1 aromatic carbocycles. The van der Waals surface area contributed by atoms with E-state index in [2.05, 4.69) is 10.2 Å². The molecule has 0 saturated carbocycles. The first kappa shape index (κ1) is 15.9. The Morgan fingerprint density at radius 1 is 1.23 bits per heavy atom. The summed E-state index contributed by atoms with van der Waals surface area (Å²) in [6.45, 7) is 4.08. The number of hydrogen-bond donors (Lipinski definition) is 2. The fourth-order valence-corrected chi connectivity index (χ4v) is 3.70. The predicted molar refractivity (Wildman–Crippen MR) is 86.4 cm³/mol. The van der Waals surface area contributed by atoms with Gasteiger partial charge in [0.1, 0.15) is 5.82 Å². The Bertz CT molecular complexity index is 486. The highest BCUT2D eigenvalue weighted by Crippen LogP contribution is 2.30. The standard InChI is InChI=1S/C18H27FN2O/c19-15-6-5-14-3-1-4-18(17(14)13-15)20-9-2-10-21-11-7-16(22)8-12-21/h5-6,13,16,18,20,22H,1-4,7-12H2. The zero-order valence-corrected chi connectivity index (χ0v) is 13.2. The highest BCUT2D eigenvalue weighted by Gasteiger charge is 2.20. The van der Waals surface area contributed by atoms with E-state index in [1.54, 1.807) is 12.1 Å². The molecule has 1 saturated heterocycles. The van der Waals surface area contributed by atoms with Crippen molar-refractivity contribution in [1.29, 1.82) is 0 Å². The number of aliphatic hydroxyl groups excluding tert-OH is 1. The zero-order valence-electron chi connectivity index (χ0n) is 13.2. The van der Waals surface area contributed by atoms with E-state index >= 15 is 0 Å². The van der Waals surface area contributed by atoms with Gasteiger partial charge in [-0.25, -0.2) is 4.39 Å². The van der Waals surface area contributed by atoms with Gasteiger partial charge < -0.3 is 15.3 Å². The van der Waals surface area contributed by atoms with E-state index in [0.717, 1.165) is 63.8 Å². The second-order valence-corrected chi connectivity index (χ2v) is 6.67. The van der Waals surface area contributed by atoms with Crippen LogP contribution >= 0.6 is 0 Å². The molecular formula is C18H27FN2O. The Labute approximate surface area is 132 Å². The molecule has 0 amide bonds. The Hall–Kier alpha value is -0.970. The van der Waals surface area contributed by atoms with Crippen LogP contribution < -0.4 is 5.32 Å². The number of rotatable bonds is 5. The third-order valence-corrected chi connectivity index (χ3v) is 5.02. The highest BCUT2D eigenvalue weighted by molar-refractivity contribution is 5.32. The molecular weight excluding hydrogens is 279 g/mol. The SMILES string of the molecule is OC1CCN(CCCNC2CCCc3ccc(F)cc32)CC1. The monoisotopic (exact) mass is 306 g/mol. The minimum absolute atomic E-state index is 0.0944. The lowest BCUT2D eigenvalue weighted by molar-refractivity contribution is 0.0820. The van der Waals surface area contributed by atoms with Crippen LogP contribution in [-0.2, 0) is 6.42 Å². The molecule has 1 aromatic rings. The molecule has 0 bridgehead atoms. The summed E-state index contributed by atoms with van der Waals surface area (Å²) in [4.78, 5) is 2.43. The molecule has 1 heterocycles. The van der Waals surface area contributed by atoms with Gasteiger partial charge in [0.05, 0.1) is 6.10 Å². The van der Waals surface area contributed by atoms with Crippen LogP contribution in [0.5, 0.6) is 0 Å². The number of halogens is 1. The largest absolute Gasteiger partial charge is 0.393 e. The Balaban J connectivity index is 1.44. The smallest absolute Gasteiger partial charge is 0.123 e. The van der Waals surface area contributed by atoms with Crippen LogP contribution in [0.15, 0.2) is 18.2 Å². The van der Waals surface area contributed by atoms with Crippen LogP contribution in [-0.4, -0.2) is 42.3 Å². The lowest BCUT2D eigenvalue weighted by Gasteiger charge is -2.30. The Morgan fingerprint density at radius 2 is 2.05 bits per heavy atom.